The maximum Gasteiger partial charge on any atom is 0.119 e. The molecule has 1 aromatic carbocycles. The Morgan fingerprint density at radius 2 is 2.00 bits per heavy atom. The fourth-order valence-electron chi connectivity index (χ4n) is 3.04. The third kappa shape index (κ3) is 5.61. The molecule has 4 heteroatoms. The van der Waals surface area contributed by atoms with Crippen LogP contribution >= 0.6 is 15.9 Å². The maximum atomic E-state index is 10.0. The van der Waals surface area contributed by atoms with E-state index in [0.717, 1.165) is 16.1 Å². The number of rotatable bonds is 6. The lowest BCUT2D eigenvalue weighted by atomic mass is 9.80. The van der Waals surface area contributed by atoms with Gasteiger partial charge in [0.1, 0.15) is 18.5 Å². The van der Waals surface area contributed by atoms with Gasteiger partial charge < -0.3 is 15.2 Å². The van der Waals surface area contributed by atoms with Gasteiger partial charge in [0.05, 0.1) is 0 Å². The molecule has 4 atom stereocenters. The molecule has 0 aliphatic heterocycles. The van der Waals surface area contributed by atoms with Gasteiger partial charge in [-0.15, -0.1) is 0 Å². The van der Waals surface area contributed by atoms with Crippen molar-refractivity contribution in [1.29, 1.82) is 0 Å². The molecular weight excluding hydrogens is 330 g/mol. The second-order valence-corrected chi connectivity index (χ2v) is 7.24. The van der Waals surface area contributed by atoms with Crippen LogP contribution in [0.2, 0.25) is 0 Å². The molecule has 1 aliphatic carbocycles. The van der Waals surface area contributed by atoms with Crippen molar-refractivity contribution in [3.8, 4) is 5.75 Å². The van der Waals surface area contributed by atoms with Crippen LogP contribution in [0, 0.1) is 11.8 Å². The van der Waals surface area contributed by atoms with E-state index >= 15 is 0 Å². The standard InChI is InChI=1S/C17H26BrNO2/c1-12-3-8-17(13(2)9-12)19-10-15(20)11-21-16-6-4-14(18)5-7-16/h4-7,12-13,15,17,19-20H,3,8-11H2,1-2H3. The van der Waals surface area contributed by atoms with Crippen molar-refractivity contribution in [1.82, 2.24) is 5.32 Å². The number of nitrogens with one attached hydrogen (secondary N) is 1. The van der Waals surface area contributed by atoms with Gasteiger partial charge in [-0.05, 0) is 55.4 Å². The minimum Gasteiger partial charge on any atom is -0.491 e. The molecule has 21 heavy (non-hydrogen) atoms. The van der Waals surface area contributed by atoms with E-state index in [9.17, 15) is 5.11 Å². The minimum absolute atomic E-state index is 0.326. The van der Waals surface area contributed by atoms with E-state index in [1.54, 1.807) is 0 Å². The Morgan fingerprint density at radius 1 is 1.29 bits per heavy atom. The van der Waals surface area contributed by atoms with Crippen LogP contribution in [0.15, 0.2) is 28.7 Å². The van der Waals surface area contributed by atoms with Crippen LogP contribution < -0.4 is 10.1 Å². The van der Waals surface area contributed by atoms with Crippen LogP contribution in [-0.2, 0) is 0 Å². The first-order valence-corrected chi connectivity index (χ1v) is 8.63. The Bertz CT molecular complexity index is 423. The average molecular weight is 356 g/mol. The molecule has 1 fully saturated rings. The number of hydrogen-bond acceptors (Lipinski definition) is 3. The normalized spacial score (nSPS) is 27.3. The van der Waals surface area contributed by atoms with Gasteiger partial charge in [0.2, 0.25) is 0 Å². The second kappa shape index (κ2) is 8.16. The Hall–Kier alpha value is -0.580. The molecule has 0 amide bonds. The number of aliphatic hydroxyl groups excluding tert-OH is 1. The molecule has 0 saturated heterocycles. The van der Waals surface area contributed by atoms with Gasteiger partial charge in [0.15, 0.2) is 0 Å². The van der Waals surface area contributed by atoms with E-state index in [1.165, 1.54) is 19.3 Å². The minimum atomic E-state index is -0.472. The first-order valence-electron chi connectivity index (χ1n) is 7.84. The summed E-state index contributed by atoms with van der Waals surface area (Å²) >= 11 is 3.39. The summed E-state index contributed by atoms with van der Waals surface area (Å²) in [4.78, 5) is 0. The van der Waals surface area contributed by atoms with E-state index in [4.69, 9.17) is 4.74 Å². The van der Waals surface area contributed by atoms with Crippen LogP contribution in [-0.4, -0.2) is 30.4 Å². The van der Waals surface area contributed by atoms with Gasteiger partial charge in [-0.3, -0.25) is 0 Å². The van der Waals surface area contributed by atoms with Crippen LogP contribution in [0.4, 0.5) is 0 Å². The molecule has 118 valence electrons. The SMILES string of the molecule is CC1CCC(NCC(O)COc2ccc(Br)cc2)C(C)C1. The van der Waals surface area contributed by atoms with E-state index in [2.05, 4.69) is 35.1 Å². The summed E-state index contributed by atoms with van der Waals surface area (Å²) in [5.74, 6) is 2.31. The largest absolute Gasteiger partial charge is 0.491 e. The van der Waals surface area contributed by atoms with E-state index in [0.29, 0.717) is 25.1 Å². The molecule has 3 nitrogen and oxygen atoms in total. The van der Waals surface area contributed by atoms with Crippen molar-refractivity contribution in [3.05, 3.63) is 28.7 Å². The molecule has 2 rings (SSSR count). The number of aliphatic hydroxyl groups is 1. The van der Waals surface area contributed by atoms with Gasteiger partial charge in [0, 0.05) is 17.1 Å². The molecule has 1 aromatic rings. The van der Waals surface area contributed by atoms with Gasteiger partial charge >= 0.3 is 0 Å². The summed E-state index contributed by atoms with van der Waals surface area (Å²) in [6, 6.07) is 8.20. The molecule has 1 saturated carbocycles. The Labute approximate surface area is 136 Å². The average Bonchev–Trinajstić information content (AvgIpc) is 2.46. The highest BCUT2D eigenvalue weighted by molar-refractivity contribution is 9.10. The molecule has 0 aromatic heterocycles. The number of ether oxygens (including phenoxy) is 1. The zero-order valence-electron chi connectivity index (χ0n) is 12.9. The van der Waals surface area contributed by atoms with Gasteiger partial charge in [-0.1, -0.05) is 29.8 Å². The van der Waals surface area contributed by atoms with Crippen LogP contribution in [0.1, 0.15) is 33.1 Å². The highest BCUT2D eigenvalue weighted by Gasteiger charge is 2.25. The van der Waals surface area contributed by atoms with Gasteiger partial charge in [-0.2, -0.15) is 0 Å². The smallest absolute Gasteiger partial charge is 0.119 e. The lowest BCUT2D eigenvalue weighted by Gasteiger charge is -2.33. The summed E-state index contributed by atoms with van der Waals surface area (Å²) < 4.78 is 6.62. The van der Waals surface area contributed by atoms with Gasteiger partial charge in [-0.25, -0.2) is 0 Å². The van der Waals surface area contributed by atoms with Gasteiger partial charge in [0.25, 0.3) is 0 Å². The number of halogens is 1. The number of benzene rings is 1. The third-order valence-corrected chi connectivity index (χ3v) is 4.83. The van der Waals surface area contributed by atoms with Crippen LogP contribution in [0.25, 0.3) is 0 Å². The lowest BCUT2D eigenvalue weighted by Crippen LogP contribution is -2.43. The van der Waals surface area contributed by atoms with E-state index in [-0.39, 0.29) is 0 Å². The summed E-state index contributed by atoms with van der Waals surface area (Å²) in [5.41, 5.74) is 0. The fourth-order valence-corrected chi connectivity index (χ4v) is 3.30. The molecule has 4 unspecified atom stereocenters. The first-order chi connectivity index (χ1) is 10.0. The molecular formula is C17H26BrNO2. The summed E-state index contributed by atoms with van der Waals surface area (Å²) in [6.45, 7) is 5.55. The summed E-state index contributed by atoms with van der Waals surface area (Å²) in [6.07, 6.45) is 3.31. The molecule has 0 spiro atoms. The predicted octanol–water partition coefficient (Wildman–Crippen LogP) is 3.60. The van der Waals surface area contributed by atoms with Crippen molar-refractivity contribution >= 4 is 15.9 Å². The molecule has 2 N–H and O–H groups in total. The highest BCUT2D eigenvalue weighted by atomic mass is 79.9. The first kappa shape index (κ1) is 16.8. The zero-order valence-corrected chi connectivity index (χ0v) is 14.5. The van der Waals surface area contributed by atoms with Crippen molar-refractivity contribution in [3.63, 3.8) is 0 Å². The quantitative estimate of drug-likeness (QED) is 0.818. The highest BCUT2D eigenvalue weighted by Crippen LogP contribution is 2.28. The second-order valence-electron chi connectivity index (χ2n) is 6.33. The monoisotopic (exact) mass is 355 g/mol. The summed E-state index contributed by atoms with van der Waals surface area (Å²) in [5, 5.41) is 13.5. The Morgan fingerprint density at radius 3 is 2.67 bits per heavy atom. The molecule has 0 bridgehead atoms. The van der Waals surface area contributed by atoms with Crippen LogP contribution in [0.5, 0.6) is 5.75 Å². The zero-order chi connectivity index (χ0) is 15.2. The van der Waals surface area contributed by atoms with Crippen molar-refractivity contribution in [2.24, 2.45) is 11.8 Å². The topological polar surface area (TPSA) is 41.5 Å². The number of hydrogen-bond donors (Lipinski definition) is 2. The van der Waals surface area contributed by atoms with E-state index in [1.807, 2.05) is 24.3 Å². The van der Waals surface area contributed by atoms with Crippen molar-refractivity contribution in [2.75, 3.05) is 13.2 Å². The van der Waals surface area contributed by atoms with Crippen molar-refractivity contribution in [2.45, 2.75) is 45.3 Å². The predicted molar refractivity (Wildman–Crippen MR) is 89.6 cm³/mol. The molecule has 0 radical (unpaired) electrons. The summed E-state index contributed by atoms with van der Waals surface area (Å²) in [7, 11) is 0. The molecule has 1 aliphatic rings. The molecule has 0 heterocycles. The maximum absolute atomic E-state index is 10.0. The lowest BCUT2D eigenvalue weighted by molar-refractivity contribution is 0.0965. The van der Waals surface area contributed by atoms with Crippen molar-refractivity contribution < 1.29 is 9.84 Å². The Balaban J connectivity index is 1.67. The van der Waals surface area contributed by atoms with Crippen LogP contribution in [0.3, 0.4) is 0 Å². The Kier molecular flexibility index (Phi) is 6.52. The third-order valence-electron chi connectivity index (χ3n) is 4.30. The van der Waals surface area contributed by atoms with E-state index < -0.39 is 6.10 Å². The fraction of sp³-hybridized carbons (Fsp3) is 0.647.